The molecular weight excluding hydrogens is 376 g/mol. The first-order valence-electron chi connectivity index (χ1n) is 7.44. The van der Waals surface area contributed by atoms with E-state index in [1.54, 1.807) is 18.3 Å². The van der Waals surface area contributed by atoms with Crippen LogP contribution in [-0.2, 0) is 7.05 Å². The molecule has 0 fully saturated rings. The van der Waals surface area contributed by atoms with E-state index in [1.165, 1.54) is 23.9 Å². The van der Waals surface area contributed by atoms with Gasteiger partial charge in [-0.15, -0.1) is 0 Å². The molecule has 0 unspecified atom stereocenters. The number of imidazole rings is 1. The van der Waals surface area contributed by atoms with Crippen molar-refractivity contribution in [3.63, 3.8) is 0 Å². The van der Waals surface area contributed by atoms with Gasteiger partial charge in [0.25, 0.3) is 11.6 Å². The molecule has 132 valence electrons. The maximum atomic E-state index is 12.3. The summed E-state index contributed by atoms with van der Waals surface area (Å²) in [6.07, 6.45) is 3.59. The monoisotopic (exact) mass is 388 g/mol. The Morgan fingerprint density at radius 2 is 2.00 bits per heavy atom. The van der Waals surface area contributed by atoms with Crippen molar-refractivity contribution < 1.29 is 9.72 Å². The van der Waals surface area contributed by atoms with Crippen LogP contribution in [-0.4, -0.2) is 20.4 Å². The number of rotatable bonds is 5. The smallest absolute Gasteiger partial charge is 0.270 e. The van der Waals surface area contributed by atoms with Crippen LogP contribution in [0.3, 0.4) is 0 Å². The second-order valence-corrected chi connectivity index (χ2v) is 6.77. The first kappa shape index (κ1) is 18.0. The Morgan fingerprint density at radius 1 is 1.27 bits per heavy atom. The van der Waals surface area contributed by atoms with Crippen molar-refractivity contribution in [2.45, 2.75) is 10.1 Å². The van der Waals surface area contributed by atoms with E-state index in [2.05, 4.69) is 10.3 Å². The molecule has 0 saturated carbocycles. The molecule has 1 aromatic heterocycles. The summed E-state index contributed by atoms with van der Waals surface area (Å²) in [7, 11) is 1.91. The van der Waals surface area contributed by atoms with Gasteiger partial charge in [-0.3, -0.25) is 14.9 Å². The van der Waals surface area contributed by atoms with Crippen LogP contribution >= 0.6 is 23.4 Å². The van der Waals surface area contributed by atoms with E-state index in [4.69, 9.17) is 11.6 Å². The van der Waals surface area contributed by atoms with E-state index < -0.39 is 10.8 Å². The molecule has 26 heavy (non-hydrogen) atoms. The summed E-state index contributed by atoms with van der Waals surface area (Å²) in [5.74, 6) is -0.436. The lowest BCUT2D eigenvalue weighted by Crippen LogP contribution is -2.12. The minimum Gasteiger partial charge on any atom is -0.329 e. The largest absolute Gasteiger partial charge is 0.329 e. The van der Waals surface area contributed by atoms with Crippen LogP contribution in [0.2, 0.25) is 5.02 Å². The summed E-state index contributed by atoms with van der Waals surface area (Å²) in [5, 5.41) is 14.3. The molecule has 1 heterocycles. The fourth-order valence-electron chi connectivity index (χ4n) is 2.16. The molecule has 0 saturated heterocycles. The maximum absolute atomic E-state index is 12.3. The number of non-ortho nitro benzene ring substituents is 1. The van der Waals surface area contributed by atoms with Gasteiger partial charge in [-0.1, -0.05) is 23.4 Å². The fourth-order valence-corrected chi connectivity index (χ4v) is 3.22. The van der Waals surface area contributed by atoms with Crippen LogP contribution in [0.5, 0.6) is 0 Å². The number of hydrogen-bond acceptors (Lipinski definition) is 5. The number of benzene rings is 2. The Balaban J connectivity index is 1.70. The minimum atomic E-state index is -0.564. The Kier molecular flexibility index (Phi) is 5.24. The highest BCUT2D eigenvalue weighted by Crippen LogP contribution is 2.27. The molecule has 0 aliphatic heterocycles. The second kappa shape index (κ2) is 7.59. The predicted octanol–water partition coefficient (Wildman–Crippen LogP) is 4.39. The Bertz CT molecular complexity index is 972. The van der Waals surface area contributed by atoms with Gasteiger partial charge in [0.2, 0.25) is 0 Å². The summed E-state index contributed by atoms with van der Waals surface area (Å²) in [5.41, 5.74) is 0.597. The highest BCUT2D eigenvalue weighted by Gasteiger charge is 2.15. The third-order valence-electron chi connectivity index (χ3n) is 3.51. The number of halogens is 1. The summed E-state index contributed by atoms with van der Waals surface area (Å²) in [4.78, 5) is 27.7. The van der Waals surface area contributed by atoms with Crippen LogP contribution in [0.15, 0.2) is 64.9 Å². The Labute approximate surface area is 158 Å². The van der Waals surface area contributed by atoms with Gasteiger partial charge in [-0.2, -0.15) is 0 Å². The van der Waals surface area contributed by atoms with Crippen LogP contribution in [0, 0.1) is 10.1 Å². The predicted molar refractivity (Wildman–Crippen MR) is 99.8 cm³/mol. The zero-order valence-electron chi connectivity index (χ0n) is 13.5. The van der Waals surface area contributed by atoms with Gasteiger partial charge in [0.1, 0.15) is 0 Å². The number of carbonyl (C=O) groups is 1. The van der Waals surface area contributed by atoms with Crippen LogP contribution < -0.4 is 5.32 Å². The lowest BCUT2D eigenvalue weighted by molar-refractivity contribution is -0.384. The van der Waals surface area contributed by atoms with Gasteiger partial charge in [0.15, 0.2) is 5.16 Å². The first-order chi connectivity index (χ1) is 12.4. The number of hydrogen-bond donors (Lipinski definition) is 1. The third kappa shape index (κ3) is 4.04. The zero-order valence-corrected chi connectivity index (χ0v) is 15.1. The molecule has 0 atom stereocenters. The topological polar surface area (TPSA) is 90.1 Å². The normalized spacial score (nSPS) is 10.5. The van der Waals surface area contributed by atoms with Crippen molar-refractivity contribution >= 4 is 40.6 Å². The molecule has 2 aromatic carbocycles. The van der Waals surface area contributed by atoms with Crippen molar-refractivity contribution in [2.24, 2.45) is 7.05 Å². The first-order valence-corrected chi connectivity index (χ1v) is 8.64. The summed E-state index contributed by atoms with van der Waals surface area (Å²) in [6, 6.07) is 11.0. The van der Waals surface area contributed by atoms with Gasteiger partial charge >= 0.3 is 0 Å². The van der Waals surface area contributed by atoms with Gasteiger partial charge < -0.3 is 9.88 Å². The molecule has 9 heteroatoms. The van der Waals surface area contributed by atoms with Crippen LogP contribution in [0.1, 0.15) is 10.4 Å². The van der Waals surface area contributed by atoms with E-state index in [-0.39, 0.29) is 16.3 Å². The summed E-state index contributed by atoms with van der Waals surface area (Å²) >= 11 is 7.48. The molecular formula is C17H13ClN4O3S. The van der Waals surface area contributed by atoms with Crippen molar-refractivity contribution in [1.29, 1.82) is 0 Å². The SMILES string of the molecule is Cn1ccnc1Sc1ccc(NC(=O)c2ccc([N+](=O)[O-])cc2Cl)cc1. The van der Waals surface area contributed by atoms with Gasteiger partial charge in [-0.25, -0.2) is 4.98 Å². The zero-order chi connectivity index (χ0) is 18.7. The lowest BCUT2D eigenvalue weighted by atomic mass is 10.2. The highest BCUT2D eigenvalue weighted by molar-refractivity contribution is 7.99. The van der Waals surface area contributed by atoms with Crippen molar-refractivity contribution in [1.82, 2.24) is 9.55 Å². The van der Waals surface area contributed by atoms with Crippen molar-refractivity contribution in [3.8, 4) is 0 Å². The molecule has 0 spiro atoms. The van der Waals surface area contributed by atoms with Gasteiger partial charge in [-0.05, 0) is 30.3 Å². The van der Waals surface area contributed by atoms with Gasteiger partial charge in [0.05, 0.1) is 15.5 Å². The summed E-state index contributed by atoms with van der Waals surface area (Å²) < 4.78 is 1.91. The van der Waals surface area contributed by atoms with Crippen molar-refractivity contribution in [2.75, 3.05) is 5.32 Å². The number of aryl methyl sites for hydroxylation is 1. The second-order valence-electron chi connectivity index (χ2n) is 5.32. The quantitative estimate of drug-likeness (QED) is 0.517. The Hall–Kier alpha value is -2.84. The number of nitrogens with zero attached hydrogens (tertiary/aromatic N) is 3. The number of amides is 1. The molecule has 1 N–H and O–H groups in total. The van der Waals surface area contributed by atoms with E-state index in [1.807, 2.05) is 29.9 Å². The standard InChI is InChI=1S/C17H13ClN4O3S/c1-21-9-8-19-17(21)26-13-5-2-11(3-6-13)20-16(23)14-7-4-12(22(24)25)10-15(14)18/h2-10H,1H3,(H,20,23). The molecule has 7 nitrogen and oxygen atoms in total. The average Bonchev–Trinajstić information content (AvgIpc) is 3.01. The maximum Gasteiger partial charge on any atom is 0.270 e. The lowest BCUT2D eigenvalue weighted by Gasteiger charge is -2.08. The molecule has 1 amide bonds. The van der Waals surface area contributed by atoms with Crippen molar-refractivity contribution in [3.05, 3.63) is 75.6 Å². The van der Waals surface area contributed by atoms with Crippen LogP contribution in [0.25, 0.3) is 0 Å². The third-order valence-corrected chi connectivity index (χ3v) is 4.90. The average molecular weight is 389 g/mol. The minimum absolute atomic E-state index is 0.0265. The number of nitro benzene ring substituents is 1. The van der Waals surface area contributed by atoms with E-state index >= 15 is 0 Å². The fraction of sp³-hybridized carbons (Fsp3) is 0.0588. The Morgan fingerprint density at radius 3 is 2.58 bits per heavy atom. The van der Waals surface area contributed by atoms with E-state index in [9.17, 15) is 14.9 Å². The molecule has 0 radical (unpaired) electrons. The number of nitrogens with one attached hydrogen (secondary N) is 1. The van der Waals surface area contributed by atoms with Crippen LogP contribution in [0.4, 0.5) is 11.4 Å². The molecule has 3 rings (SSSR count). The molecule has 0 bridgehead atoms. The highest BCUT2D eigenvalue weighted by atomic mass is 35.5. The van der Waals surface area contributed by atoms with E-state index in [0.717, 1.165) is 16.1 Å². The number of aromatic nitrogens is 2. The molecule has 3 aromatic rings. The number of anilines is 1. The molecule has 0 aliphatic rings. The number of carbonyl (C=O) groups excluding carboxylic acids is 1. The van der Waals surface area contributed by atoms with E-state index in [0.29, 0.717) is 5.69 Å². The number of nitro groups is 1. The molecule has 0 aliphatic carbocycles. The summed E-state index contributed by atoms with van der Waals surface area (Å²) in [6.45, 7) is 0. The van der Waals surface area contributed by atoms with Gasteiger partial charge in [0, 0.05) is 42.2 Å².